The van der Waals surface area contributed by atoms with E-state index in [0.717, 1.165) is 11.3 Å². The third kappa shape index (κ3) is 1.85. The maximum absolute atomic E-state index is 6.02. The lowest BCUT2D eigenvalue weighted by Crippen LogP contribution is -2.15. The zero-order valence-corrected chi connectivity index (χ0v) is 11.3. The molecule has 0 radical (unpaired) electrons. The van der Waals surface area contributed by atoms with Crippen LogP contribution in [0, 0.1) is 6.92 Å². The molecule has 1 N–H and O–H groups in total. The van der Waals surface area contributed by atoms with E-state index < -0.39 is 0 Å². The fraction of sp³-hybridized carbons (Fsp3) is 0.200. The molecule has 2 heterocycles. The first-order chi connectivity index (χ1) is 8.79. The van der Waals surface area contributed by atoms with E-state index in [0.29, 0.717) is 0 Å². The molecule has 2 nitrogen and oxygen atoms in total. The molecule has 0 aliphatic carbocycles. The minimum absolute atomic E-state index is 0.136. The van der Waals surface area contributed by atoms with Crippen LogP contribution in [0.1, 0.15) is 22.2 Å². The molecule has 1 unspecified atom stereocenters. The minimum atomic E-state index is 0.136. The fourth-order valence-corrected chi connectivity index (χ4v) is 3.09. The van der Waals surface area contributed by atoms with E-state index in [4.69, 9.17) is 4.42 Å². The Bertz CT molecular complexity index is 654. The van der Waals surface area contributed by atoms with Crippen LogP contribution in [0.4, 0.5) is 0 Å². The zero-order valence-electron chi connectivity index (χ0n) is 10.4. The van der Waals surface area contributed by atoms with Gasteiger partial charge in [-0.05, 0) is 37.0 Å². The highest BCUT2D eigenvalue weighted by Crippen LogP contribution is 2.31. The summed E-state index contributed by atoms with van der Waals surface area (Å²) in [5, 5.41) is 6.58. The minimum Gasteiger partial charge on any atom is -0.459 e. The molecule has 18 heavy (non-hydrogen) atoms. The quantitative estimate of drug-likeness (QED) is 0.763. The SMILES string of the molecule is CNC(c1cc2cccc(C)c2o1)c1cccs1. The number of nitrogens with one attached hydrogen (secondary N) is 1. The lowest BCUT2D eigenvalue weighted by molar-refractivity contribution is 0.494. The molecular weight excluding hydrogens is 242 g/mol. The Kier molecular flexibility index (Phi) is 2.94. The second kappa shape index (κ2) is 4.59. The lowest BCUT2D eigenvalue weighted by Gasteiger charge is -2.10. The van der Waals surface area contributed by atoms with Crippen LogP contribution in [-0.2, 0) is 0 Å². The Hall–Kier alpha value is -1.58. The monoisotopic (exact) mass is 257 g/mol. The van der Waals surface area contributed by atoms with Gasteiger partial charge in [-0.1, -0.05) is 24.3 Å². The number of hydrogen-bond acceptors (Lipinski definition) is 3. The van der Waals surface area contributed by atoms with Gasteiger partial charge >= 0.3 is 0 Å². The van der Waals surface area contributed by atoms with Crippen molar-refractivity contribution >= 4 is 22.3 Å². The molecule has 0 aliphatic heterocycles. The van der Waals surface area contributed by atoms with Crippen LogP contribution in [0.25, 0.3) is 11.0 Å². The maximum atomic E-state index is 6.02. The molecule has 0 amide bonds. The van der Waals surface area contributed by atoms with Crippen molar-refractivity contribution in [3.8, 4) is 0 Å². The maximum Gasteiger partial charge on any atom is 0.137 e. The number of hydrogen-bond donors (Lipinski definition) is 1. The molecule has 0 spiro atoms. The normalized spacial score (nSPS) is 13.0. The molecule has 0 bridgehead atoms. The van der Waals surface area contributed by atoms with Crippen molar-refractivity contribution in [3.05, 3.63) is 58.0 Å². The van der Waals surface area contributed by atoms with Crippen LogP contribution in [0.2, 0.25) is 0 Å². The summed E-state index contributed by atoms with van der Waals surface area (Å²) in [6.07, 6.45) is 0. The van der Waals surface area contributed by atoms with Gasteiger partial charge in [-0.15, -0.1) is 11.3 Å². The second-order valence-electron chi connectivity index (χ2n) is 4.38. The predicted molar refractivity (Wildman–Crippen MR) is 76.2 cm³/mol. The van der Waals surface area contributed by atoms with Crippen molar-refractivity contribution in [2.75, 3.05) is 7.05 Å². The molecule has 0 saturated carbocycles. The molecule has 0 aliphatic rings. The van der Waals surface area contributed by atoms with Gasteiger partial charge in [0.15, 0.2) is 0 Å². The summed E-state index contributed by atoms with van der Waals surface area (Å²) < 4.78 is 6.02. The van der Waals surface area contributed by atoms with Crippen molar-refractivity contribution in [1.29, 1.82) is 0 Å². The van der Waals surface area contributed by atoms with Crippen molar-refractivity contribution in [2.45, 2.75) is 13.0 Å². The summed E-state index contributed by atoms with van der Waals surface area (Å²) in [5.74, 6) is 0.976. The van der Waals surface area contributed by atoms with Crippen molar-refractivity contribution in [2.24, 2.45) is 0 Å². The van der Waals surface area contributed by atoms with Crippen LogP contribution >= 0.6 is 11.3 Å². The number of rotatable bonds is 3. The van der Waals surface area contributed by atoms with Crippen molar-refractivity contribution in [1.82, 2.24) is 5.32 Å². The van der Waals surface area contributed by atoms with E-state index in [1.54, 1.807) is 11.3 Å². The highest BCUT2D eigenvalue weighted by molar-refractivity contribution is 7.10. The second-order valence-corrected chi connectivity index (χ2v) is 5.36. The van der Waals surface area contributed by atoms with E-state index in [1.165, 1.54) is 15.8 Å². The Morgan fingerprint density at radius 2 is 2.11 bits per heavy atom. The van der Waals surface area contributed by atoms with Gasteiger partial charge in [-0.3, -0.25) is 0 Å². The van der Waals surface area contributed by atoms with Gasteiger partial charge in [0.1, 0.15) is 17.4 Å². The number of thiophene rings is 1. The van der Waals surface area contributed by atoms with Gasteiger partial charge in [0.2, 0.25) is 0 Å². The van der Waals surface area contributed by atoms with E-state index in [1.807, 2.05) is 7.05 Å². The average molecular weight is 257 g/mol. The van der Waals surface area contributed by atoms with Crippen LogP contribution in [0.5, 0.6) is 0 Å². The summed E-state index contributed by atoms with van der Waals surface area (Å²) in [7, 11) is 1.96. The molecule has 2 aromatic heterocycles. The Balaban J connectivity index is 2.11. The lowest BCUT2D eigenvalue weighted by atomic mass is 10.1. The molecule has 1 atom stereocenters. The molecule has 1 aromatic carbocycles. The summed E-state index contributed by atoms with van der Waals surface area (Å²) in [4.78, 5) is 1.27. The van der Waals surface area contributed by atoms with E-state index in [9.17, 15) is 0 Å². The van der Waals surface area contributed by atoms with E-state index in [-0.39, 0.29) is 6.04 Å². The standard InChI is InChI=1S/C15H15NOS/c1-10-5-3-6-11-9-12(17-15(10)11)14(16-2)13-7-4-8-18-13/h3-9,14,16H,1-2H3. The predicted octanol–water partition coefficient (Wildman–Crippen LogP) is 4.11. The topological polar surface area (TPSA) is 25.2 Å². The Morgan fingerprint density at radius 1 is 1.22 bits per heavy atom. The third-order valence-corrected chi connectivity index (χ3v) is 4.10. The van der Waals surface area contributed by atoms with Crippen molar-refractivity contribution < 1.29 is 4.42 Å². The van der Waals surface area contributed by atoms with E-state index >= 15 is 0 Å². The van der Waals surface area contributed by atoms with Crippen LogP contribution in [0.15, 0.2) is 46.2 Å². The molecule has 3 rings (SSSR count). The molecule has 0 saturated heterocycles. The van der Waals surface area contributed by atoms with Gasteiger partial charge in [0, 0.05) is 10.3 Å². The average Bonchev–Trinajstić information content (AvgIpc) is 3.00. The smallest absolute Gasteiger partial charge is 0.137 e. The Morgan fingerprint density at radius 3 is 2.78 bits per heavy atom. The van der Waals surface area contributed by atoms with Crippen LogP contribution in [0.3, 0.4) is 0 Å². The molecular formula is C15H15NOS. The fourth-order valence-electron chi connectivity index (χ4n) is 2.25. The largest absolute Gasteiger partial charge is 0.459 e. The first-order valence-corrected chi connectivity index (χ1v) is 6.87. The summed E-state index contributed by atoms with van der Waals surface area (Å²) in [6.45, 7) is 2.08. The first kappa shape index (κ1) is 11.5. The number of para-hydroxylation sites is 1. The number of furan rings is 1. The highest BCUT2D eigenvalue weighted by atomic mass is 32.1. The molecule has 3 heteroatoms. The van der Waals surface area contributed by atoms with Gasteiger partial charge < -0.3 is 9.73 Å². The summed E-state index contributed by atoms with van der Waals surface area (Å²) in [5.41, 5.74) is 2.17. The molecule has 3 aromatic rings. The number of aryl methyl sites for hydroxylation is 1. The first-order valence-electron chi connectivity index (χ1n) is 5.99. The highest BCUT2D eigenvalue weighted by Gasteiger charge is 2.17. The van der Waals surface area contributed by atoms with Gasteiger partial charge in [0.25, 0.3) is 0 Å². The summed E-state index contributed by atoms with van der Waals surface area (Å²) >= 11 is 1.74. The van der Waals surface area contributed by atoms with Crippen LogP contribution < -0.4 is 5.32 Å². The Labute approximate surface area is 110 Å². The van der Waals surface area contributed by atoms with Gasteiger partial charge in [-0.2, -0.15) is 0 Å². The number of benzene rings is 1. The third-order valence-electron chi connectivity index (χ3n) is 3.16. The van der Waals surface area contributed by atoms with E-state index in [2.05, 4.69) is 54.0 Å². The zero-order chi connectivity index (χ0) is 12.5. The molecule has 0 fully saturated rings. The van der Waals surface area contributed by atoms with Gasteiger partial charge in [0.05, 0.1) is 0 Å². The number of fused-ring (bicyclic) bond motifs is 1. The van der Waals surface area contributed by atoms with Gasteiger partial charge in [-0.25, -0.2) is 0 Å². The van der Waals surface area contributed by atoms with Crippen molar-refractivity contribution in [3.63, 3.8) is 0 Å². The molecule has 92 valence electrons. The summed E-state index contributed by atoms with van der Waals surface area (Å²) in [6, 6.07) is 12.7. The van der Waals surface area contributed by atoms with Crippen LogP contribution in [-0.4, -0.2) is 7.05 Å².